The van der Waals surface area contributed by atoms with Crippen molar-refractivity contribution in [3.8, 4) is 0 Å². The van der Waals surface area contributed by atoms with E-state index in [1.165, 1.54) is 12.1 Å². The van der Waals surface area contributed by atoms with Crippen LogP contribution in [-0.2, 0) is 16.6 Å². The van der Waals surface area contributed by atoms with Gasteiger partial charge in [0.25, 0.3) is 0 Å². The van der Waals surface area contributed by atoms with Gasteiger partial charge in [0.15, 0.2) is 0 Å². The first kappa shape index (κ1) is 21.5. The Bertz CT molecular complexity index is 907. The maximum absolute atomic E-state index is 12.5. The average Bonchev–Trinajstić information content (AvgIpc) is 2.72. The molecule has 0 radical (unpaired) electrons. The summed E-state index contributed by atoms with van der Waals surface area (Å²) in [5.41, 5.74) is 1.39. The normalized spacial score (nSPS) is 19.5. The maximum atomic E-state index is 12.5. The van der Waals surface area contributed by atoms with Crippen LogP contribution in [0.2, 0.25) is 0 Å². The van der Waals surface area contributed by atoms with Crippen LogP contribution in [0.15, 0.2) is 53.7 Å². The van der Waals surface area contributed by atoms with E-state index >= 15 is 0 Å². The molecule has 0 aliphatic heterocycles. The van der Waals surface area contributed by atoms with E-state index in [1.54, 1.807) is 30.6 Å². The number of sulfonamides is 1. The van der Waals surface area contributed by atoms with Crippen LogP contribution in [0.5, 0.6) is 0 Å². The molecule has 1 heterocycles. The number of nitrogens with one attached hydrogen (secondary N) is 3. The van der Waals surface area contributed by atoms with Crippen molar-refractivity contribution >= 4 is 33.3 Å². The first-order valence-corrected chi connectivity index (χ1v) is 11.5. The molecule has 3 N–H and O–H groups in total. The average molecular weight is 437 g/mol. The Labute approximate surface area is 176 Å². The van der Waals surface area contributed by atoms with Crippen molar-refractivity contribution in [2.24, 2.45) is 5.92 Å². The SMILES string of the molecule is O=C(NCc1cccnc1)Nc1ccc(S(=O)(=O)NCC2CCCC(Cl)C2)cc1. The van der Waals surface area contributed by atoms with Crippen molar-refractivity contribution in [2.75, 3.05) is 11.9 Å². The summed E-state index contributed by atoms with van der Waals surface area (Å²) >= 11 is 6.17. The molecule has 0 saturated heterocycles. The third-order valence-corrected chi connectivity index (χ3v) is 6.72. The number of nitrogens with zero attached hydrogens (tertiary/aromatic N) is 1. The molecule has 2 unspecified atom stereocenters. The highest BCUT2D eigenvalue weighted by Gasteiger charge is 2.22. The number of benzene rings is 1. The molecule has 0 bridgehead atoms. The van der Waals surface area contributed by atoms with Gasteiger partial charge >= 0.3 is 6.03 Å². The van der Waals surface area contributed by atoms with Gasteiger partial charge in [0.05, 0.1) is 4.90 Å². The van der Waals surface area contributed by atoms with Gasteiger partial charge in [-0.25, -0.2) is 17.9 Å². The summed E-state index contributed by atoms with van der Waals surface area (Å²) in [6.45, 7) is 0.739. The second-order valence-electron chi connectivity index (χ2n) is 7.18. The second kappa shape index (κ2) is 10.0. The quantitative estimate of drug-likeness (QED) is 0.578. The molecule has 0 spiro atoms. The molecule has 29 heavy (non-hydrogen) atoms. The van der Waals surface area contributed by atoms with Crippen LogP contribution >= 0.6 is 11.6 Å². The Morgan fingerprint density at radius 2 is 1.97 bits per heavy atom. The van der Waals surface area contributed by atoms with E-state index in [2.05, 4.69) is 20.3 Å². The number of aromatic nitrogens is 1. The van der Waals surface area contributed by atoms with Gasteiger partial charge in [-0.15, -0.1) is 11.6 Å². The van der Waals surface area contributed by atoms with Gasteiger partial charge in [-0.1, -0.05) is 12.5 Å². The summed E-state index contributed by atoms with van der Waals surface area (Å²) in [5.74, 6) is 0.269. The number of rotatable bonds is 7. The molecule has 1 saturated carbocycles. The highest BCUT2D eigenvalue weighted by Crippen LogP contribution is 2.27. The Kier molecular flexibility index (Phi) is 7.46. The van der Waals surface area contributed by atoms with Gasteiger partial charge in [-0.3, -0.25) is 4.98 Å². The van der Waals surface area contributed by atoms with E-state index < -0.39 is 10.0 Å². The molecule has 156 valence electrons. The van der Waals surface area contributed by atoms with Crippen molar-refractivity contribution in [1.82, 2.24) is 15.0 Å². The van der Waals surface area contributed by atoms with Crippen molar-refractivity contribution in [3.05, 3.63) is 54.4 Å². The van der Waals surface area contributed by atoms with E-state index in [-0.39, 0.29) is 22.2 Å². The zero-order valence-electron chi connectivity index (χ0n) is 16.0. The first-order chi connectivity index (χ1) is 13.9. The van der Waals surface area contributed by atoms with E-state index in [9.17, 15) is 13.2 Å². The van der Waals surface area contributed by atoms with Crippen molar-refractivity contribution in [1.29, 1.82) is 0 Å². The Balaban J connectivity index is 1.49. The van der Waals surface area contributed by atoms with Crippen LogP contribution in [-0.4, -0.2) is 31.4 Å². The van der Waals surface area contributed by atoms with Gasteiger partial charge in [0, 0.05) is 36.5 Å². The molecule has 2 atom stereocenters. The number of urea groups is 1. The third-order valence-electron chi connectivity index (χ3n) is 4.88. The van der Waals surface area contributed by atoms with Crippen molar-refractivity contribution < 1.29 is 13.2 Å². The molecule has 1 aliphatic rings. The predicted molar refractivity (Wildman–Crippen MR) is 113 cm³/mol. The number of carbonyl (C=O) groups excluding carboxylic acids is 1. The highest BCUT2D eigenvalue weighted by molar-refractivity contribution is 7.89. The molecule has 3 rings (SSSR count). The molecule has 1 aliphatic carbocycles. The topological polar surface area (TPSA) is 100 Å². The minimum absolute atomic E-state index is 0.132. The van der Waals surface area contributed by atoms with Crippen LogP contribution < -0.4 is 15.4 Å². The Hall–Kier alpha value is -2.16. The monoisotopic (exact) mass is 436 g/mol. The summed E-state index contributed by atoms with van der Waals surface area (Å²) in [6, 6.07) is 9.36. The van der Waals surface area contributed by atoms with Gasteiger partial charge in [-0.05, 0) is 61.1 Å². The third kappa shape index (κ3) is 6.69. The number of alkyl halides is 1. The standard InChI is InChI=1S/C20H25ClN4O3S/c21-17-5-1-3-15(11-17)14-24-29(27,28)19-8-6-18(7-9-19)25-20(26)23-13-16-4-2-10-22-12-16/h2,4,6-10,12,15,17,24H,1,3,5,11,13-14H2,(H2,23,25,26). The number of carbonyl (C=O) groups is 1. The Morgan fingerprint density at radius 3 is 2.66 bits per heavy atom. The van der Waals surface area contributed by atoms with Crippen molar-refractivity contribution in [3.63, 3.8) is 0 Å². The number of anilines is 1. The highest BCUT2D eigenvalue weighted by atomic mass is 35.5. The molecule has 9 heteroatoms. The molecule has 1 aromatic carbocycles. The maximum Gasteiger partial charge on any atom is 0.319 e. The lowest BCUT2D eigenvalue weighted by Gasteiger charge is -2.25. The molecule has 2 amide bonds. The van der Waals surface area contributed by atoms with Gasteiger partial charge < -0.3 is 10.6 Å². The lowest BCUT2D eigenvalue weighted by molar-refractivity contribution is 0.251. The molecule has 1 aromatic heterocycles. The molecular formula is C20H25ClN4O3S. The summed E-state index contributed by atoms with van der Waals surface area (Å²) in [4.78, 5) is 16.1. The van der Waals surface area contributed by atoms with E-state index in [0.717, 1.165) is 31.2 Å². The summed E-state index contributed by atoms with van der Waals surface area (Å²) in [5, 5.41) is 5.53. The zero-order chi connectivity index (χ0) is 20.7. The summed E-state index contributed by atoms with van der Waals surface area (Å²) in [7, 11) is -3.60. The fourth-order valence-corrected chi connectivity index (χ4v) is 4.82. The fourth-order valence-electron chi connectivity index (χ4n) is 3.30. The lowest BCUT2D eigenvalue weighted by Crippen LogP contribution is -2.32. The van der Waals surface area contributed by atoms with Crippen molar-refractivity contribution in [2.45, 2.75) is 42.5 Å². The van der Waals surface area contributed by atoms with Crippen LogP contribution in [0.25, 0.3) is 0 Å². The van der Waals surface area contributed by atoms with Crippen LogP contribution in [0.4, 0.5) is 10.5 Å². The van der Waals surface area contributed by atoms with Crippen LogP contribution in [0.3, 0.4) is 0 Å². The number of halogens is 1. The number of pyridine rings is 1. The number of hydrogen-bond donors (Lipinski definition) is 3. The molecular weight excluding hydrogens is 412 g/mol. The predicted octanol–water partition coefficient (Wildman–Crippen LogP) is 3.48. The summed E-state index contributed by atoms with van der Waals surface area (Å²) in [6.07, 6.45) is 7.19. The number of amides is 2. The van der Waals surface area contributed by atoms with E-state index in [0.29, 0.717) is 18.8 Å². The number of hydrogen-bond acceptors (Lipinski definition) is 4. The van der Waals surface area contributed by atoms with Gasteiger partial charge in [0.1, 0.15) is 0 Å². The molecule has 7 nitrogen and oxygen atoms in total. The minimum atomic E-state index is -3.60. The first-order valence-electron chi connectivity index (χ1n) is 9.60. The molecule has 2 aromatic rings. The fraction of sp³-hybridized carbons (Fsp3) is 0.400. The lowest BCUT2D eigenvalue weighted by atomic mass is 9.89. The molecule has 1 fully saturated rings. The van der Waals surface area contributed by atoms with E-state index in [1.807, 2.05) is 6.07 Å². The Morgan fingerprint density at radius 1 is 1.17 bits per heavy atom. The minimum Gasteiger partial charge on any atom is -0.334 e. The van der Waals surface area contributed by atoms with Crippen LogP contribution in [0.1, 0.15) is 31.2 Å². The zero-order valence-corrected chi connectivity index (χ0v) is 17.5. The van der Waals surface area contributed by atoms with E-state index in [4.69, 9.17) is 11.6 Å². The summed E-state index contributed by atoms with van der Waals surface area (Å²) < 4.78 is 27.7. The largest absolute Gasteiger partial charge is 0.334 e. The van der Waals surface area contributed by atoms with Crippen LogP contribution in [0, 0.1) is 5.92 Å². The smallest absolute Gasteiger partial charge is 0.319 e. The van der Waals surface area contributed by atoms with Gasteiger partial charge in [-0.2, -0.15) is 0 Å². The van der Waals surface area contributed by atoms with Gasteiger partial charge in [0.2, 0.25) is 10.0 Å². The second-order valence-corrected chi connectivity index (χ2v) is 9.56.